The molecule has 3 aromatic rings. The molecule has 2 aromatic heterocycles. The Morgan fingerprint density at radius 2 is 2.07 bits per heavy atom. The molecule has 3 aliphatic rings. The van der Waals surface area contributed by atoms with Crippen LogP contribution in [0.3, 0.4) is 0 Å². The highest BCUT2D eigenvalue weighted by molar-refractivity contribution is 5.96. The van der Waals surface area contributed by atoms with Crippen molar-refractivity contribution < 1.29 is 23.1 Å². The van der Waals surface area contributed by atoms with Gasteiger partial charge in [-0.3, -0.25) is 4.79 Å². The fourth-order valence-electron chi connectivity index (χ4n) is 6.02. The third-order valence-electron chi connectivity index (χ3n) is 7.96. The number of halogens is 2. The van der Waals surface area contributed by atoms with Gasteiger partial charge in [0.25, 0.3) is 5.91 Å². The van der Waals surface area contributed by atoms with E-state index in [9.17, 15) is 18.9 Å². The van der Waals surface area contributed by atoms with Crippen molar-refractivity contribution in [3.05, 3.63) is 65.7 Å². The molecule has 41 heavy (non-hydrogen) atoms. The van der Waals surface area contributed by atoms with Crippen LogP contribution in [0.25, 0.3) is 11.3 Å². The van der Waals surface area contributed by atoms with Gasteiger partial charge in [0.2, 0.25) is 5.88 Å². The highest BCUT2D eigenvalue weighted by Crippen LogP contribution is 2.51. The van der Waals surface area contributed by atoms with Crippen LogP contribution < -0.4 is 19.7 Å². The molecule has 3 fully saturated rings. The average Bonchev–Trinajstić information content (AvgIpc) is 3.34. The largest absolute Gasteiger partial charge is 0.488 e. The average molecular weight is 561 g/mol. The first-order valence-corrected chi connectivity index (χ1v) is 13.8. The molecule has 1 amide bonds. The van der Waals surface area contributed by atoms with Gasteiger partial charge in [-0.25, -0.2) is 14.4 Å². The van der Waals surface area contributed by atoms with Gasteiger partial charge in [0.15, 0.2) is 11.4 Å². The number of pyridine rings is 2. The lowest BCUT2D eigenvalue weighted by molar-refractivity contribution is -0.0344. The van der Waals surface area contributed by atoms with Crippen LogP contribution in [0.2, 0.25) is 0 Å². The van der Waals surface area contributed by atoms with Gasteiger partial charge in [-0.05, 0) is 68.7 Å². The predicted molar refractivity (Wildman–Crippen MR) is 147 cm³/mol. The minimum absolute atomic E-state index is 0.0537. The van der Waals surface area contributed by atoms with Crippen LogP contribution in [0.5, 0.6) is 11.6 Å². The van der Waals surface area contributed by atoms with Crippen LogP contribution in [-0.4, -0.2) is 65.9 Å². The number of nitrogens with zero attached hydrogens (tertiary/aromatic N) is 5. The van der Waals surface area contributed by atoms with E-state index >= 15 is 0 Å². The molecule has 2 saturated heterocycles. The topological polar surface area (TPSA) is 104 Å². The van der Waals surface area contributed by atoms with Crippen LogP contribution in [0, 0.1) is 22.6 Å². The number of nitrogens with one attached hydrogen (secondary N) is 1. The fourth-order valence-corrected chi connectivity index (χ4v) is 6.02. The number of benzene rings is 1. The molecule has 1 N–H and O–H groups in total. The molecule has 6 rings (SSSR count). The van der Waals surface area contributed by atoms with Gasteiger partial charge in [-0.15, -0.1) is 9.60 Å². The zero-order valence-electron chi connectivity index (χ0n) is 22.6. The standard InChI is InChI=1S/C30H30F2N6O3/c1-2-40-29-23(4-3-10-34-29)24-6-8-26(27(36-24)28(39)35-21-9-11-38(32)16-21)41-22-13-30(14-22)17-37(18-30)25-7-5-20(31)12-19(25)15-33/h3-8,10,12,21-22H,2,9,11,13-14,16-18H2,1H3,(H,35,39). The maximum absolute atomic E-state index is 13.6. The van der Waals surface area contributed by atoms with Crippen molar-refractivity contribution in [2.24, 2.45) is 5.41 Å². The second-order valence-electron chi connectivity index (χ2n) is 10.9. The minimum Gasteiger partial charge on any atom is -0.488 e. The monoisotopic (exact) mass is 560 g/mol. The third kappa shape index (κ3) is 5.39. The SMILES string of the molecule is CCOc1ncccc1-c1ccc(OC2CC3(C2)CN(c2ccc(F)cc2C#N)C3)c(C(=O)NC2CCN(F)C2)n1. The van der Waals surface area contributed by atoms with Crippen LogP contribution in [0.4, 0.5) is 14.6 Å². The van der Waals surface area contributed by atoms with E-state index < -0.39 is 11.7 Å². The van der Waals surface area contributed by atoms with Gasteiger partial charge in [-0.1, -0.05) is 0 Å². The van der Waals surface area contributed by atoms with E-state index in [0.29, 0.717) is 46.6 Å². The Hall–Kier alpha value is -4.30. The number of nitriles is 1. The molecule has 1 spiro atoms. The van der Waals surface area contributed by atoms with Gasteiger partial charge < -0.3 is 19.7 Å². The number of aromatic nitrogens is 2. The summed E-state index contributed by atoms with van der Waals surface area (Å²) in [4.78, 5) is 24.4. The molecule has 0 bridgehead atoms. The predicted octanol–water partition coefficient (Wildman–Crippen LogP) is 4.29. The van der Waals surface area contributed by atoms with Crippen molar-refractivity contribution in [3.63, 3.8) is 0 Å². The summed E-state index contributed by atoms with van der Waals surface area (Å²) in [6, 6.07) is 13.2. The number of rotatable bonds is 8. The maximum Gasteiger partial charge on any atom is 0.274 e. The first-order chi connectivity index (χ1) is 19.9. The Morgan fingerprint density at radius 3 is 2.80 bits per heavy atom. The molecule has 1 unspecified atom stereocenters. The normalized spacial score (nSPS) is 19.8. The summed E-state index contributed by atoms with van der Waals surface area (Å²) in [5, 5.41) is 13.0. The summed E-state index contributed by atoms with van der Waals surface area (Å²) in [7, 11) is 0. The third-order valence-corrected chi connectivity index (χ3v) is 7.96. The minimum atomic E-state index is -0.426. The van der Waals surface area contributed by atoms with Crippen LogP contribution in [-0.2, 0) is 0 Å². The lowest BCUT2D eigenvalue weighted by atomic mass is 9.61. The molecular formula is C30H30F2N6O3. The second kappa shape index (κ2) is 10.9. The van der Waals surface area contributed by atoms with Crippen molar-refractivity contribution in [2.45, 2.75) is 38.3 Å². The van der Waals surface area contributed by atoms with Crippen molar-refractivity contribution in [1.82, 2.24) is 20.4 Å². The zero-order valence-corrected chi connectivity index (χ0v) is 22.6. The first kappa shape index (κ1) is 26.9. The van der Waals surface area contributed by atoms with Crippen molar-refractivity contribution in [3.8, 4) is 29.0 Å². The molecule has 4 heterocycles. The molecule has 1 aliphatic carbocycles. The van der Waals surface area contributed by atoms with Gasteiger partial charge in [-0.2, -0.15) is 5.26 Å². The summed E-state index contributed by atoms with van der Waals surface area (Å²) in [5.74, 6) is -0.0648. The maximum atomic E-state index is 13.6. The molecule has 0 radical (unpaired) electrons. The fraction of sp³-hybridized carbons (Fsp3) is 0.400. The summed E-state index contributed by atoms with van der Waals surface area (Å²) in [6.45, 7) is 4.19. The molecule has 11 heteroatoms. The Balaban J connectivity index is 1.18. The summed E-state index contributed by atoms with van der Waals surface area (Å²) < 4.78 is 39.2. The number of hydrogen-bond acceptors (Lipinski definition) is 8. The number of ether oxygens (including phenoxy) is 2. The molecule has 1 aromatic carbocycles. The van der Waals surface area contributed by atoms with Crippen LogP contribution in [0.1, 0.15) is 42.2 Å². The van der Waals surface area contributed by atoms with E-state index in [-0.39, 0.29) is 36.3 Å². The van der Waals surface area contributed by atoms with Gasteiger partial charge >= 0.3 is 0 Å². The number of carbonyl (C=O) groups excluding carboxylic acids is 1. The van der Waals surface area contributed by atoms with E-state index in [1.165, 1.54) is 12.1 Å². The van der Waals surface area contributed by atoms with Crippen molar-refractivity contribution in [2.75, 3.05) is 37.7 Å². The lowest BCUT2D eigenvalue weighted by Crippen LogP contribution is -2.65. The van der Waals surface area contributed by atoms with E-state index in [0.717, 1.165) is 31.6 Å². The summed E-state index contributed by atoms with van der Waals surface area (Å²) in [5.41, 5.74) is 2.42. The Morgan fingerprint density at radius 1 is 1.24 bits per heavy atom. The highest BCUT2D eigenvalue weighted by atomic mass is 19.2. The molecule has 2 aliphatic heterocycles. The van der Waals surface area contributed by atoms with Gasteiger partial charge in [0.05, 0.1) is 29.1 Å². The Bertz CT molecular complexity index is 1500. The summed E-state index contributed by atoms with van der Waals surface area (Å²) >= 11 is 0. The van der Waals surface area contributed by atoms with E-state index in [1.54, 1.807) is 30.5 Å². The lowest BCUT2D eigenvalue weighted by Gasteiger charge is -2.59. The smallest absolute Gasteiger partial charge is 0.274 e. The van der Waals surface area contributed by atoms with E-state index in [1.807, 2.05) is 13.0 Å². The Kier molecular flexibility index (Phi) is 7.17. The molecular weight excluding hydrogens is 530 g/mol. The molecule has 1 atom stereocenters. The quantitative estimate of drug-likeness (QED) is 0.407. The van der Waals surface area contributed by atoms with E-state index in [4.69, 9.17) is 9.47 Å². The first-order valence-electron chi connectivity index (χ1n) is 13.8. The van der Waals surface area contributed by atoms with Gasteiger partial charge in [0.1, 0.15) is 18.0 Å². The molecule has 9 nitrogen and oxygen atoms in total. The number of amides is 1. The summed E-state index contributed by atoms with van der Waals surface area (Å²) in [6.07, 6.45) is 3.61. The number of hydrogen-bond donors (Lipinski definition) is 1. The van der Waals surface area contributed by atoms with E-state index in [2.05, 4.69) is 26.3 Å². The van der Waals surface area contributed by atoms with Gasteiger partial charge in [0, 0.05) is 43.8 Å². The molecule has 212 valence electrons. The molecule has 1 saturated carbocycles. The van der Waals surface area contributed by atoms with Crippen molar-refractivity contribution >= 4 is 11.6 Å². The van der Waals surface area contributed by atoms with Crippen molar-refractivity contribution in [1.29, 1.82) is 5.26 Å². The number of carbonyl (C=O) groups is 1. The highest BCUT2D eigenvalue weighted by Gasteiger charge is 2.54. The number of anilines is 1. The van der Waals surface area contributed by atoms with Crippen LogP contribution >= 0.6 is 0 Å². The van der Waals surface area contributed by atoms with Crippen LogP contribution in [0.15, 0.2) is 48.7 Å². The Labute approximate surface area is 236 Å². The second-order valence-corrected chi connectivity index (χ2v) is 10.9. The zero-order chi connectivity index (χ0) is 28.6.